The number of unbranched alkanes of at least 4 members (excludes halogenated alkanes) is 2. The predicted octanol–water partition coefficient (Wildman–Crippen LogP) is 3.30. The first kappa shape index (κ1) is 11.0. The lowest BCUT2D eigenvalue weighted by molar-refractivity contribution is 0.136. The molecule has 1 aliphatic heterocycles. The third kappa shape index (κ3) is 3.68. The largest absolute Gasteiger partial charge is 0.303 e. The molecule has 0 amide bonds. The standard InChI is InChI=1S/C12H25N/c1-4-5-6-7-12-9-8-11(2)10-13(12)3/h11-12H,4-10H2,1-3H3. The molecule has 1 rings (SSSR count). The second-order valence-electron chi connectivity index (χ2n) is 4.77. The van der Waals surface area contributed by atoms with Crippen LogP contribution in [0, 0.1) is 5.92 Å². The molecule has 1 heteroatoms. The molecule has 0 radical (unpaired) electrons. The average molecular weight is 183 g/mol. The van der Waals surface area contributed by atoms with E-state index in [1.807, 2.05) is 0 Å². The van der Waals surface area contributed by atoms with Crippen molar-refractivity contribution in [3.8, 4) is 0 Å². The van der Waals surface area contributed by atoms with Crippen LogP contribution in [0.25, 0.3) is 0 Å². The highest BCUT2D eigenvalue weighted by atomic mass is 15.1. The molecule has 1 aliphatic rings. The lowest BCUT2D eigenvalue weighted by Crippen LogP contribution is -2.39. The van der Waals surface area contributed by atoms with Gasteiger partial charge in [-0.15, -0.1) is 0 Å². The molecule has 1 saturated heterocycles. The highest BCUT2D eigenvalue weighted by Gasteiger charge is 2.22. The Hall–Kier alpha value is -0.0400. The second-order valence-corrected chi connectivity index (χ2v) is 4.77. The van der Waals surface area contributed by atoms with Crippen LogP contribution in [0.3, 0.4) is 0 Å². The quantitative estimate of drug-likeness (QED) is 0.604. The molecule has 1 heterocycles. The van der Waals surface area contributed by atoms with Crippen LogP contribution in [-0.4, -0.2) is 24.5 Å². The number of nitrogens with zero attached hydrogens (tertiary/aromatic N) is 1. The molecule has 0 aromatic carbocycles. The van der Waals surface area contributed by atoms with Gasteiger partial charge in [0.1, 0.15) is 0 Å². The van der Waals surface area contributed by atoms with Gasteiger partial charge in [0, 0.05) is 12.6 Å². The Morgan fingerprint density at radius 2 is 2.00 bits per heavy atom. The number of hydrogen-bond donors (Lipinski definition) is 0. The van der Waals surface area contributed by atoms with Gasteiger partial charge < -0.3 is 4.90 Å². The van der Waals surface area contributed by atoms with Crippen molar-refractivity contribution in [2.75, 3.05) is 13.6 Å². The zero-order valence-electron chi connectivity index (χ0n) is 9.55. The molecule has 1 nitrogen and oxygen atoms in total. The Kier molecular flexibility index (Phi) is 4.79. The van der Waals surface area contributed by atoms with Crippen molar-refractivity contribution in [2.24, 2.45) is 5.92 Å². The topological polar surface area (TPSA) is 3.24 Å². The van der Waals surface area contributed by atoms with Gasteiger partial charge in [-0.3, -0.25) is 0 Å². The Labute approximate surface area is 83.5 Å². The summed E-state index contributed by atoms with van der Waals surface area (Å²) in [6, 6.07) is 0.891. The summed E-state index contributed by atoms with van der Waals surface area (Å²) >= 11 is 0. The fraction of sp³-hybridized carbons (Fsp3) is 1.00. The van der Waals surface area contributed by atoms with Crippen LogP contribution in [0.5, 0.6) is 0 Å². The molecule has 0 aromatic rings. The summed E-state index contributed by atoms with van der Waals surface area (Å²) in [5, 5.41) is 0. The zero-order chi connectivity index (χ0) is 9.68. The van der Waals surface area contributed by atoms with E-state index in [0.29, 0.717) is 0 Å². The molecular formula is C12H25N. The lowest BCUT2D eigenvalue weighted by Gasteiger charge is -2.36. The van der Waals surface area contributed by atoms with Crippen molar-refractivity contribution in [1.82, 2.24) is 4.90 Å². The van der Waals surface area contributed by atoms with Crippen LogP contribution in [0.2, 0.25) is 0 Å². The van der Waals surface area contributed by atoms with Gasteiger partial charge in [-0.1, -0.05) is 33.1 Å². The van der Waals surface area contributed by atoms with E-state index in [-0.39, 0.29) is 0 Å². The monoisotopic (exact) mass is 183 g/mol. The Morgan fingerprint density at radius 3 is 2.62 bits per heavy atom. The van der Waals surface area contributed by atoms with Crippen molar-refractivity contribution in [2.45, 2.75) is 58.4 Å². The van der Waals surface area contributed by atoms with E-state index in [9.17, 15) is 0 Å². The van der Waals surface area contributed by atoms with Gasteiger partial charge in [-0.25, -0.2) is 0 Å². The molecule has 78 valence electrons. The summed E-state index contributed by atoms with van der Waals surface area (Å²) in [5.74, 6) is 0.924. The lowest BCUT2D eigenvalue weighted by atomic mass is 9.92. The average Bonchev–Trinajstić information content (AvgIpc) is 2.09. The molecule has 1 fully saturated rings. The SMILES string of the molecule is CCCCCC1CCC(C)CN1C. The molecule has 0 aliphatic carbocycles. The second kappa shape index (κ2) is 5.64. The van der Waals surface area contributed by atoms with E-state index in [4.69, 9.17) is 0 Å². The molecule has 0 saturated carbocycles. The first-order chi connectivity index (χ1) is 6.24. The van der Waals surface area contributed by atoms with Gasteiger partial charge in [0.25, 0.3) is 0 Å². The fourth-order valence-electron chi connectivity index (χ4n) is 2.42. The zero-order valence-corrected chi connectivity index (χ0v) is 9.55. The Bertz CT molecular complexity index is 133. The highest BCUT2D eigenvalue weighted by molar-refractivity contribution is 4.77. The van der Waals surface area contributed by atoms with E-state index in [1.165, 1.54) is 45.1 Å². The smallest absolute Gasteiger partial charge is 0.00924 e. The maximum absolute atomic E-state index is 2.57. The van der Waals surface area contributed by atoms with Gasteiger partial charge >= 0.3 is 0 Å². The fourth-order valence-corrected chi connectivity index (χ4v) is 2.42. The summed E-state index contributed by atoms with van der Waals surface area (Å²) in [6.07, 6.45) is 8.51. The van der Waals surface area contributed by atoms with Crippen molar-refractivity contribution in [1.29, 1.82) is 0 Å². The maximum Gasteiger partial charge on any atom is 0.00924 e. The van der Waals surface area contributed by atoms with Crippen molar-refractivity contribution >= 4 is 0 Å². The third-order valence-electron chi connectivity index (χ3n) is 3.36. The number of hydrogen-bond acceptors (Lipinski definition) is 1. The van der Waals surface area contributed by atoms with E-state index in [2.05, 4.69) is 25.8 Å². The normalized spacial score (nSPS) is 30.7. The van der Waals surface area contributed by atoms with Crippen LogP contribution >= 0.6 is 0 Å². The van der Waals surface area contributed by atoms with Crippen LogP contribution in [0.15, 0.2) is 0 Å². The highest BCUT2D eigenvalue weighted by Crippen LogP contribution is 2.23. The minimum atomic E-state index is 0.891. The van der Waals surface area contributed by atoms with E-state index < -0.39 is 0 Å². The van der Waals surface area contributed by atoms with Crippen LogP contribution in [0.4, 0.5) is 0 Å². The predicted molar refractivity (Wildman–Crippen MR) is 59.0 cm³/mol. The first-order valence-electron chi connectivity index (χ1n) is 5.94. The molecule has 0 spiro atoms. The minimum absolute atomic E-state index is 0.891. The first-order valence-corrected chi connectivity index (χ1v) is 5.94. The third-order valence-corrected chi connectivity index (χ3v) is 3.36. The van der Waals surface area contributed by atoms with Gasteiger partial charge in [-0.2, -0.15) is 0 Å². The molecule has 2 atom stereocenters. The van der Waals surface area contributed by atoms with Gasteiger partial charge in [0.05, 0.1) is 0 Å². The van der Waals surface area contributed by atoms with Crippen molar-refractivity contribution in [3.05, 3.63) is 0 Å². The van der Waals surface area contributed by atoms with Crippen LogP contribution in [0.1, 0.15) is 52.4 Å². The van der Waals surface area contributed by atoms with E-state index >= 15 is 0 Å². The van der Waals surface area contributed by atoms with Gasteiger partial charge in [0.2, 0.25) is 0 Å². The van der Waals surface area contributed by atoms with E-state index in [1.54, 1.807) is 0 Å². The number of likely N-dealkylation sites (tertiary alicyclic amines) is 1. The minimum Gasteiger partial charge on any atom is -0.303 e. The Morgan fingerprint density at radius 1 is 1.23 bits per heavy atom. The number of rotatable bonds is 4. The Balaban J connectivity index is 2.18. The summed E-state index contributed by atoms with van der Waals surface area (Å²) in [6.45, 7) is 5.97. The van der Waals surface area contributed by atoms with Crippen molar-refractivity contribution in [3.63, 3.8) is 0 Å². The maximum atomic E-state index is 2.57. The summed E-state index contributed by atoms with van der Waals surface area (Å²) < 4.78 is 0. The van der Waals surface area contributed by atoms with Crippen molar-refractivity contribution < 1.29 is 0 Å². The summed E-state index contributed by atoms with van der Waals surface area (Å²) in [5.41, 5.74) is 0. The summed E-state index contributed by atoms with van der Waals surface area (Å²) in [7, 11) is 2.30. The number of piperidine rings is 1. The molecule has 0 aromatic heterocycles. The molecule has 2 unspecified atom stereocenters. The van der Waals surface area contributed by atoms with Gasteiger partial charge in [0.15, 0.2) is 0 Å². The van der Waals surface area contributed by atoms with E-state index in [0.717, 1.165) is 12.0 Å². The molecule has 13 heavy (non-hydrogen) atoms. The summed E-state index contributed by atoms with van der Waals surface area (Å²) in [4.78, 5) is 2.57. The van der Waals surface area contributed by atoms with Crippen LogP contribution < -0.4 is 0 Å². The van der Waals surface area contributed by atoms with Gasteiger partial charge in [-0.05, 0) is 32.2 Å². The molecule has 0 bridgehead atoms. The van der Waals surface area contributed by atoms with Crippen LogP contribution in [-0.2, 0) is 0 Å². The molecular weight excluding hydrogens is 158 g/mol. The molecule has 0 N–H and O–H groups in total.